The summed E-state index contributed by atoms with van der Waals surface area (Å²) in [5.74, 6) is 0. The molecule has 1 fully saturated rings. The minimum Gasteiger partial charge on any atom is -1.00 e. The molecular weight excluding hydrogens is 176 g/mol. The normalized spacial score (nSPS) is 19.8. The largest absolute Gasteiger partial charge is 1.00 e. The molecule has 9 heavy (non-hydrogen) atoms. The fourth-order valence-corrected chi connectivity index (χ4v) is 0.788. The Balaban J connectivity index is 0. The molecule has 2 nitrogen and oxygen atoms in total. The van der Waals surface area contributed by atoms with Gasteiger partial charge in [-0.05, 0) is 0 Å². The van der Waals surface area contributed by atoms with Crippen LogP contribution in [0.2, 0.25) is 0 Å². The Labute approximate surface area is 76.4 Å². The van der Waals surface area contributed by atoms with E-state index in [-0.39, 0.29) is 24.8 Å². The van der Waals surface area contributed by atoms with Crippen LogP contribution >= 0.6 is 0 Å². The second-order valence-corrected chi connectivity index (χ2v) is 2.38. The van der Waals surface area contributed by atoms with E-state index in [0.29, 0.717) is 0 Å². The van der Waals surface area contributed by atoms with Crippen LogP contribution in [0.3, 0.4) is 0 Å². The first-order valence-electron chi connectivity index (χ1n) is 2.47. The Hall–Kier alpha value is 1.03. The van der Waals surface area contributed by atoms with Gasteiger partial charge in [-0.15, -0.1) is 0 Å². The second-order valence-electron chi connectivity index (χ2n) is 1.65. The van der Waals surface area contributed by atoms with Gasteiger partial charge >= 0.3 is 51.4 Å². The van der Waals surface area contributed by atoms with E-state index >= 15 is 0 Å². The summed E-state index contributed by atoms with van der Waals surface area (Å²) >= 11 is 2.66. The summed E-state index contributed by atoms with van der Waals surface area (Å²) in [6, 6.07) is 0. The molecule has 0 saturated carbocycles. The Morgan fingerprint density at radius 2 is 1.56 bits per heavy atom. The molecule has 0 atom stereocenters. The number of hydrogen-bond donors (Lipinski definition) is 0. The van der Waals surface area contributed by atoms with Gasteiger partial charge in [-0.25, -0.2) is 0 Å². The van der Waals surface area contributed by atoms with Crippen LogP contribution < -0.4 is 24.8 Å². The zero-order chi connectivity index (χ0) is 5.11. The Morgan fingerprint density at radius 3 is 1.78 bits per heavy atom. The Kier molecular flexibility index (Phi) is 10.1. The van der Waals surface area contributed by atoms with Crippen molar-refractivity contribution in [3.63, 3.8) is 0 Å². The van der Waals surface area contributed by atoms with Crippen molar-refractivity contribution < 1.29 is 29.6 Å². The van der Waals surface area contributed by atoms with Crippen molar-refractivity contribution in [1.29, 1.82) is 0 Å². The molecule has 0 aliphatic carbocycles. The summed E-state index contributed by atoms with van der Waals surface area (Å²) in [5, 5.41) is 0. The number of morpholine rings is 1. The predicted molar refractivity (Wildman–Crippen MR) is 28.1 cm³/mol. The zero-order valence-corrected chi connectivity index (χ0v) is 7.68. The van der Waals surface area contributed by atoms with E-state index in [1.807, 2.05) is 0 Å². The quantitative estimate of drug-likeness (QED) is 0.347. The molecule has 0 N–H and O–H groups in total. The second kappa shape index (κ2) is 7.14. The molecule has 0 aromatic carbocycles. The molecule has 5 heteroatoms. The third kappa shape index (κ3) is 5.48. The van der Waals surface area contributed by atoms with Gasteiger partial charge in [0.15, 0.2) is 0 Å². The van der Waals surface area contributed by atoms with E-state index in [9.17, 15) is 0 Å². The van der Waals surface area contributed by atoms with Crippen LogP contribution in [-0.2, 0) is 4.74 Å². The third-order valence-electron chi connectivity index (χ3n) is 1.05. The van der Waals surface area contributed by atoms with Gasteiger partial charge in [-0.1, -0.05) is 0 Å². The fraction of sp³-hybridized carbons (Fsp3) is 1.00. The van der Waals surface area contributed by atoms with Crippen molar-refractivity contribution in [2.24, 2.45) is 0 Å². The van der Waals surface area contributed by atoms with Gasteiger partial charge in [0.1, 0.15) is 0 Å². The maximum atomic E-state index is 5.08. The first-order chi connectivity index (χ1) is 3.39. The summed E-state index contributed by atoms with van der Waals surface area (Å²) in [7, 11) is 0. The van der Waals surface area contributed by atoms with Crippen molar-refractivity contribution in [2.45, 2.75) is 0 Å². The average Bonchev–Trinajstić information content (AvgIpc) is 1.69. The number of hydrogen-bond acceptors (Lipinski definition) is 2. The molecule has 0 aromatic rings. The minimum absolute atomic E-state index is 0. The summed E-state index contributed by atoms with van der Waals surface area (Å²) < 4.78 is 7.27. The van der Waals surface area contributed by atoms with Crippen LogP contribution in [0.1, 0.15) is 0 Å². The molecule has 0 bridgehead atoms. The average molecular weight is 184 g/mol. The molecule has 0 spiro atoms. The number of rotatable bonds is 0. The summed E-state index contributed by atoms with van der Waals surface area (Å²) in [5.41, 5.74) is 0. The molecule has 0 aromatic heterocycles. The molecule has 0 radical (unpaired) electrons. The van der Waals surface area contributed by atoms with Crippen LogP contribution in [0.4, 0.5) is 0 Å². The van der Waals surface area contributed by atoms with Crippen molar-refractivity contribution in [1.82, 2.24) is 3.88 Å². The Morgan fingerprint density at radius 1 is 1.11 bits per heavy atom. The molecule has 1 aliphatic rings. The first kappa shape index (κ1) is 12.7. The summed E-state index contributed by atoms with van der Waals surface area (Å²) in [4.78, 5) is 0. The maximum Gasteiger partial charge on any atom is -1.00 e. The van der Waals surface area contributed by atoms with E-state index in [1.54, 1.807) is 0 Å². The van der Waals surface area contributed by atoms with Gasteiger partial charge in [-0.2, -0.15) is 0 Å². The van der Waals surface area contributed by atoms with E-state index < -0.39 is 0 Å². The summed E-state index contributed by atoms with van der Waals surface area (Å²) in [6.45, 7) is 3.91. The number of halogens is 2. The van der Waals surface area contributed by atoms with E-state index in [4.69, 9.17) is 4.74 Å². The van der Waals surface area contributed by atoms with Crippen molar-refractivity contribution in [3.05, 3.63) is 0 Å². The van der Waals surface area contributed by atoms with Crippen molar-refractivity contribution >= 4 is 16.5 Å². The molecule has 1 aliphatic heterocycles. The van der Waals surface area contributed by atoms with Gasteiger partial charge in [0.25, 0.3) is 0 Å². The zero-order valence-electron chi connectivity index (χ0n) is 5.02. The van der Waals surface area contributed by atoms with E-state index in [2.05, 4.69) is 20.4 Å². The van der Waals surface area contributed by atoms with Crippen LogP contribution in [0.15, 0.2) is 0 Å². The Bertz CT molecular complexity index is 60.5. The van der Waals surface area contributed by atoms with Crippen molar-refractivity contribution in [3.8, 4) is 0 Å². The molecule has 1 saturated heterocycles. The molecule has 1 rings (SSSR count). The fourth-order valence-electron chi connectivity index (χ4n) is 0.577. The molecule has 0 amide bonds. The monoisotopic (exact) mass is 183 g/mol. The topological polar surface area (TPSA) is 12.5 Å². The van der Waals surface area contributed by atoms with E-state index in [0.717, 1.165) is 26.3 Å². The van der Waals surface area contributed by atoms with Crippen LogP contribution in [-0.4, -0.2) is 46.7 Å². The predicted octanol–water partition coefficient (Wildman–Crippen LogP) is -6.59. The van der Waals surface area contributed by atoms with Crippen LogP contribution in [0, 0.1) is 0 Å². The van der Waals surface area contributed by atoms with E-state index in [1.165, 1.54) is 0 Å². The summed E-state index contributed by atoms with van der Waals surface area (Å²) in [6.07, 6.45) is 0. The van der Waals surface area contributed by atoms with Gasteiger partial charge in [0.05, 0.1) is 0 Å². The standard InChI is InChI=1S/C4H8NO.Al.2ClH/c1-3-6-4-2-5-1;;;/h1-4H2;;2*1H/q-1;+3;;/p-2. The smallest absolute Gasteiger partial charge is 1.00 e. The van der Waals surface area contributed by atoms with Crippen LogP contribution in [0.25, 0.3) is 0 Å². The third-order valence-corrected chi connectivity index (χ3v) is 1.56. The van der Waals surface area contributed by atoms with Crippen molar-refractivity contribution in [2.75, 3.05) is 26.3 Å². The van der Waals surface area contributed by atoms with Gasteiger partial charge < -0.3 is 24.8 Å². The first-order valence-corrected chi connectivity index (χ1v) is 2.98. The molecule has 0 unspecified atom stereocenters. The van der Waals surface area contributed by atoms with Gasteiger partial charge in [0, 0.05) is 0 Å². The molecule has 1 heterocycles. The number of nitrogens with zero attached hydrogens (tertiary/aromatic N) is 1. The molecule has 52 valence electrons. The maximum absolute atomic E-state index is 5.08. The number of ether oxygens (including phenoxy) is 1. The molecular formula is C4H8AlCl2NO. The van der Waals surface area contributed by atoms with Gasteiger partial charge in [-0.3, -0.25) is 0 Å². The van der Waals surface area contributed by atoms with Crippen LogP contribution in [0.5, 0.6) is 0 Å². The SMILES string of the molecule is [Al+2][N]1CCOCC1.[Cl-].[Cl-]. The van der Waals surface area contributed by atoms with Gasteiger partial charge in [0.2, 0.25) is 0 Å². The minimum atomic E-state index is 0.